The van der Waals surface area contributed by atoms with Crippen LogP contribution in [0.3, 0.4) is 0 Å². The number of benzene rings is 3. The van der Waals surface area contributed by atoms with Gasteiger partial charge < -0.3 is 10.6 Å². The van der Waals surface area contributed by atoms with Crippen LogP contribution in [0.5, 0.6) is 0 Å². The average Bonchev–Trinajstić information content (AvgIpc) is 2.68. The van der Waals surface area contributed by atoms with Gasteiger partial charge in [-0.15, -0.1) is 0 Å². The molecule has 3 N–H and O–H groups in total. The van der Waals surface area contributed by atoms with E-state index in [1.807, 2.05) is 0 Å². The van der Waals surface area contributed by atoms with Crippen molar-refractivity contribution in [2.45, 2.75) is 0 Å². The van der Waals surface area contributed by atoms with E-state index < -0.39 is 17.6 Å². The first-order chi connectivity index (χ1) is 14.3. The fourth-order valence-corrected chi connectivity index (χ4v) is 3.19. The summed E-state index contributed by atoms with van der Waals surface area (Å²) in [6.07, 6.45) is 0. The molecule has 0 radical (unpaired) electrons. The minimum atomic E-state index is -0.477. The Morgan fingerprint density at radius 2 is 1.50 bits per heavy atom. The van der Waals surface area contributed by atoms with E-state index in [4.69, 9.17) is 35.4 Å². The molecule has 0 saturated carbocycles. The summed E-state index contributed by atoms with van der Waals surface area (Å²) in [5, 5.41) is 8.81. The Morgan fingerprint density at radius 3 is 2.17 bits per heavy atom. The molecule has 2 amide bonds. The molecule has 0 spiro atoms. The van der Waals surface area contributed by atoms with Gasteiger partial charge in [0.25, 0.3) is 11.8 Å². The second-order valence-corrected chi connectivity index (χ2v) is 7.33. The molecule has 0 aliphatic rings. The van der Waals surface area contributed by atoms with Crippen LogP contribution in [0.4, 0.5) is 15.8 Å². The third kappa shape index (κ3) is 5.76. The number of carbonyl (C=O) groups is 2. The summed E-state index contributed by atoms with van der Waals surface area (Å²) >= 11 is 17.1. The van der Waals surface area contributed by atoms with Crippen LogP contribution in [0.15, 0.2) is 66.7 Å². The summed E-state index contributed by atoms with van der Waals surface area (Å²) in [7, 11) is 0. The maximum Gasteiger partial charge on any atom is 0.257 e. The quantitative estimate of drug-likeness (QED) is 0.447. The fourth-order valence-electron chi connectivity index (χ4n) is 2.49. The van der Waals surface area contributed by atoms with Crippen LogP contribution in [-0.4, -0.2) is 16.9 Å². The van der Waals surface area contributed by atoms with Gasteiger partial charge in [-0.2, -0.15) is 0 Å². The number of rotatable bonds is 4. The third-order valence-electron chi connectivity index (χ3n) is 3.89. The van der Waals surface area contributed by atoms with Crippen molar-refractivity contribution in [1.82, 2.24) is 5.32 Å². The predicted octanol–water partition coefficient (Wildman–Crippen LogP) is 5.51. The van der Waals surface area contributed by atoms with Gasteiger partial charge in [-0.05, 0) is 72.9 Å². The van der Waals surface area contributed by atoms with Crippen molar-refractivity contribution in [3.8, 4) is 0 Å². The Balaban J connectivity index is 1.63. The first kappa shape index (κ1) is 21.7. The lowest BCUT2D eigenvalue weighted by Gasteiger charge is -2.12. The fraction of sp³-hybridized carbons (Fsp3) is 0. The first-order valence-corrected chi connectivity index (χ1v) is 9.72. The first-order valence-electron chi connectivity index (χ1n) is 8.56. The Morgan fingerprint density at radius 1 is 0.833 bits per heavy atom. The van der Waals surface area contributed by atoms with Crippen molar-refractivity contribution in [3.63, 3.8) is 0 Å². The van der Waals surface area contributed by atoms with Crippen molar-refractivity contribution in [3.05, 3.63) is 93.7 Å². The predicted molar refractivity (Wildman–Crippen MR) is 121 cm³/mol. The SMILES string of the molecule is O=C(NC(=S)Nc1cccc(NC(=O)c2ccc(Cl)cc2Cl)c1)c1ccc(F)cc1. The molecule has 5 nitrogen and oxygen atoms in total. The summed E-state index contributed by atoms with van der Waals surface area (Å²) in [5.41, 5.74) is 1.58. The number of hydrogen-bond donors (Lipinski definition) is 3. The zero-order valence-corrected chi connectivity index (χ0v) is 17.5. The summed E-state index contributed by atoms with van der Waals surface area (Å²) in [4.78, 5) is 24.6. The number of nitrogens with one attached hydrogen (secondary N) is 3. The van der Waals surface area contributed by atoms with E-state index in [0.717, 1.165) is 0 Å². The van der Waals surface area contributed by atoms with Crippen LogP contribution in [0.1, 0.15) is 20.7 Å². The van der Waals surface area contributed by atoms with Crippen molar-refractivity contribution >= 4 is 63.7 Å². The lowest BCUT2D eigenvalue weighted by Crippen LogP contribution is -2.34. The Bertz CT molecular complexity index is 1120. The van der Waals surface area contributed by atoms with Gasteiger partial charge in [-0.1, -0.05) is 29.3 Å². The Hall–Kier alpha value is -3.00. The molecule has 0 bridgehead atoms. The molecule has 152 valence electrons. The van der Waals surface area contributed by atoms with Gasteiger partial charge in [-0.25, -0.2) is 4.39 Å². The van der Waals surface area contributed by atoms with Gasteiger partial charge >= 0.3 is 0 Å². The van der Waals surface area contributed by atoms with Gasteiger partial charge in [0.2, 0.25) is 0 Å². The summed E-state index contributed by atoms with van der Waals surface area (Å²) < 4.78 is 13.0. The number of carbonyl (C=O) groups excluding carboxylic acids is 2. The van der Waals surface area contributed by atoms with Crippen LogP contribution in [0, 0.1) is 5.82 Å². The molecule has 3 rings (SSSR count). The van der Waals surface area contributed by atoms with E-state index in [9.17, 15) is 14.0 Å². The van der Waals surface area contributed by atoms with Gasteiger partial charge in [0.05, 0.1) is 10.6 Å². The molecular weight excluding hydrogens is 448 g/mol. The Labute approximate surface area is 187 Å². The highest BCUT2D eigenvalue weighted by atomic mass is 35.5. The average molecular weight is 462 g/mol. The standard InChI is InChI=1S/C21H14Cl2FN3O2S/c22-13-6-9-17(18(23)10-13)20(29)25-15-2-1-3-16(11-15)26-21(30)27-19(28)12-4-7-14(24)8-5-12/h1-11H,(H,25,29)(H2,26,27,28,30). The van der Waals surface area contributed by atoms with Gasteiger partial charge in [0, 0.05) is 22.0 Å². The molecule has 30 heavy (non-hydrogen) atoms. The monoisotopic (exact) mass is 461 g/mol. The molecule has 0 aliphatic carbocycles. The molecule has 3 aromatic carbocycles. The lowest BCUT2D eigenvalue weighted by molar-refractivity contribution is 0.0976. The van der Waals surface area contributed by atoms with E-state index in [2.05, 4.69) is 16.0 Å². The molecule has 3 aromatic rings. The number of amides is 2. The van der Waals surface area contributed by atoms with E-state index in [0.29, 0.717) is 16.4 Å². The van der Waals surface area contributed by atoms with E-state index in [1.54, 1.807) is 30.3 Å². The number of thiocarbonyl (C=S) groups is 1. The second kappa shape index (κ2) is 9.67. The third-order valence-corrected chi connectivity index (χ3v) is 4.64. The van der Waals surface area contributed by atoms with Crippen LogP contribution in [0.2, 0.25) is 10.0 Å². The van der Waals surface area contributed by atoms with Crippen LogP contribution < -0.4 is 16.0 Å². The Kier molecular flexibility index (Phi) is 6.99. The number of halogens is 3. The van der Waals surface area contributed by atoms with E-state index in [-0.39, 0.29) is 21.3 Å². The summed E-state index contributed by atoms with van der Waals surface area (Å²) in [5.74, 6) is -1.32. The zero-order valence-electron chi connectivity index (χ0n) is 15.2. The molecular formula is C21H14Cl2FN3O2S. The van der Waals surface area contributed by atoms with Crippen LogP contribution >= 0.6 is 35.4 Å². The minimum Gasteiger partial charge on any atom is -0.332 e. The molecule has 0 fully saturated rings. The smallest absolute Gasteiger partial charge is 0.257 e. The highest BCUT2D eigenvalue weighted by Gasteiger charge is 2.12. The highest BCUT2D eigenvalue weighted by molar-refractivity contribution is 7.80. The van der Waals surface area contributed by atoms with E-state index >= 15 is 0 Å². The highest BCUT2D eigenvalue weighted by Crippen LogP contribution is 2.23. The number of hydrogen-bond acceptors (Lipinski definition) is 3. The molecule has 0 aliphatic heterocycles. The number of anilines is 2. The zero-order chi connectivity index (χ0) is 21.7. The normalized spacial score (nSPS) is 10.2. The molecule has 0 unspecified atom stereocenters. The molecule has 9 heteroatoms. The molecule has 0 atom stereocenters. The topological polar surface area (TPSA) is 70.2 Å². The second-order valence-electron chi connectivity index (χ2n) is 6.07. The lowest BCUT2D eigenvalue weighted by atomic mass is 10.2. The summed E-state index contributed by atoms with van der Waals surface area (Å²) in [6.45, 7) is 0. The van der Waals surface area contributed by atoms with Crippen molar-refractivity contribution in [2.24, 2.45) is 0 Å². The maximum absolute atomic E-state index is 13.0. The largest absolute Gasteiger partial charge is 0.332 e. The molecule has 0 aromatic heterocycles. The maximum atomic E-state index is 13.0. The van der Waals surface area contributed by atoms with Crippen LogP contribution in [0.25, 0.3) is 0 Å². The van der Waals surface area contributed by atoms with Gasteiger partial charge in [0.15, 0.2) is 5.11 Å². The molecule has 0 saturated heterocycles. The summed E-state index contributed by atoms with van der Waals surface area (Å²) in [6, 6.07) is 16.4. The molecule has 0 heterocycles. The van der Waals surface area contributed by atoms with Crippen molar-refractivity contribution < 1.29 is 14.0 Å². The van der Waals surface area contributed by atoms with E-state index in [1.165, 1.54) is 36.4 Å². The van der Waals surface area contributed by atoms with Crippen molar-refractivity contribution in [2.75, 3.05) is 10.6 Å². The van der Waals surface area contributed by atoms with Crippen LogP contribution in [-0.2, 0) is 0 Å². The van der Waals surface area contributed by atoms with Gasteiger partial charge in [0.1, 0.15) is 5.82 Å². The van der Waals surface area contributed by atoms with Crippen molar-refractivity contribution in [1.29, 1.82) is 0 Å². The minimum absolute atomic E-state index is 0.0496. The van der Waals surface area contributed by atoms with Gasteiger partial charge in [-0.3, -0.25) is 14.9 Å².